The summed E-state index contributed by atoms with van der Waals surface area (Å²) >= 11 is 0. The molecule has 8 heteroatoms. The number of hydrogen-bond donors (Lipinski definition) is 0. The van der Waals surface area contributed by atoms with Crippen LogP contribution in [0.3, 0.4) is 0 Å². The molecular weight excluding hydrogens is 308 g/mol. The molecule has 0 unspecified atom stereocenters. The molecule has 0 radical (unpaired) electrons. The smallest absolute Gasteiger partial charge is 0.272 e. The van der Waals surface area contributed by atoms with Crippen LogP contribution in [0.4, 0.5) is 0 Å². The van der Waals surface area contributed by atoms with Gasteiger partial charge >= 0.3 is 0 Å². The van der Waals surface area contributed by atoms with Gasteiger partial charge in [-0.2, -0.15) is 10.1 Å². The van der Waals surface area contributed by atoms with E-state index in [4.69, 9.17) is 4.74 Å². The van der Waals surface area contributed by atoms with E-state index in [0.29, 0.717) is 17.5 Å². The Balaban J connectivity index is 1.50. The van der Waals surface area contributed by atoms with Crippen molar-refractivity contribution in [3.63, 3.8) is 0 Å². The Kier molecular flexibility index (Phi) is 3.93. The fourth-order valence-corrected chi connectivity index (χ4v) is 3.31. The molecule has 1 amide bonds. The Hall–Kier alpha value is -2.06. The third-order valence-electron chi connectivity index (χ3n) is 4.80. The van der Waals surface area contributed by atoms with Crippen LogP contribution in [-0.4, -0.2) is 80.7 Å². The Morgan fingerprint density at radius 3 is 2.75 bits per heavy atom. The average molecular weight is 330 g/mol. The van der Waals surface area contributed by atoms with Crippen molar-refractivity contribution in [3.8, 4) is 0 Å². The fraction of sp³-hybridized carbons (Fsp3) is 0.625. The van der Waals surface area contributed by atoms with E-state index in [1.807, 2.05) is 11.0 Å². The van der Waals surface area contributed by atoms with Crippen LogP contribution in [0.25, 0.3) is 5.78 Å². The number of morpholine rings is 1. The molecule has 0 aromatic carbocycles. The molecule has 4 heterocycles. The van der Waals surface area contributed by atoms with Gasteiger partial charge in [-0.1, -0.05) is 13.8 Å². The summed E-state index contributed by atoms with van der Waals surface area (Å²) in [6, 6.07) is 2.29. The van der Waals surface area contributed by atoms with Crippen LogP contribution in [0, 0.1) is 0 Å². The molecule has 128 valence electrons. The maximum absolute atomic E-state index is 12.8. The summed E-state index contributed by atoms with van der Waals surface area (Å²) in [5.74, 6) is 0.697. The molecular formula is C16H22N6O2. The molecule has 0 aliphatic carbocycles. The normalized spacial score (nSPS) is 19.9. The first kappa shape index (κ1) is 15.5. The quantitative estimate of drug-likeness (QED) is 0.811. The maximum atomic E-state index is 12.8. The minimum absolute atomic E-state index is 0.0214. The molecule has 0 bridgehead atoms. The SMILES string of the molecule is CC(C)c1cc(C(=O)N2CC(N3CCOCC3)C2)nc2ncnn12. The molecule has 8 nitrogen and oxygen atoms in total. The second kappa shape index (κ2) is 6.10. The summed E-state index contributed by atoms with van der Waals surface area (Å²) in [5.41, 5.74) is 1.41. The zero-order chi connectivity index (χ0) is 16.7. The highest BCUT2D eigenvalue weighted by Crippen LogP contribution is 2.21. The van der Waals surface area contributed by atoms with E-state index in [-0.39, 0.29) is 11.8 Å². The van der Waals surface area contributed by atoms with Crippen molar-refractivity contribution in [1.29, 1.82) is 0 Å². The lowest BCUT2D eigenvalue weighted by Gasteiger charge is -2.46. The topological polar surface area (TPSA) is 75.9 Å². The van der Waals surface area contributed by atoms with Crippen LogP contribution in [0.1, 0.15) is 35.9 Å². The summed E-state index contributed by atoms with van der Waals surface area (Å²) in [6.07, 6.45) is 1.47. The standard InChI is InChI=1S/C16H22N6O2/c1-11(2)14-7-13(19-16-17-10-18-22(14)16)15(23)21-8-12(9-21)20-3-5-24-6-4-20/h7,10-12H,3-6,8-9H2,1-2H3. The molecule has 0 N–H and O–H groups in total. The number of rotatable bonds is 3. The highest BCUT2D eigenvalue weighted by atomic mass is 16.5. The van der Waals surface area contributed by atoms with E-state index in [1.54, 1.807) is 4.52 Å². The first-order valence-electron chi connectivity index (χ1n) is 8.45. The van der Waals surface area contributed by atoms with Gasteiger partial charge in [0.15, 0.2) is 0 Å². The van der Waals surface area contributed by atoms with E-state index >= 15 is 0 Å². The number of nitrogens with zero attached hydrogens (tertiary/aromatic N) is 6. The molecule has 2 aromatic rings. The van der Waals surface area contributed by atoms with Crippen LogP contribution >= 0.6 is 0 Å². The molecule has 2 aliphatic rings. The summed E-state index contributed by atoms with van der Waals surface area (Å²) in [7, 11) is 0. The monoisotopic (exact) mass is 330 g/mol. The van der Waals surface area contributed by atoms with Crippen LogP contribution < -0.4 is 0 Å². The Bertz CT molecular complexity index is 746. The van der Waals surface area contributed by atoms with Crippen molar-refractivity contribution in [2.24, 2.45) is 0 Å². The lowest BCUT2D eigenvalue weighted by molar-refractivity contribution is -0.0257. The predicted octanol–water partition coefficient (Wildman–Crippen LogP) is 0.404. The summed E-state index contributed by atoms with van der Waals surface area (Å²) in [4.78, 5) is 25.6. The molecule has 0 saturated carbocycles. The second-order valence-corrected chi connectivity index (χ2v) is 6.71. The van der Waals surface area contributed by atoms with Gasteiger partial charge in [0.2, 0.25) is 0 Å². The molecule has 24 heavy (non-hydrogen) atoms. The summed E-state index contributed by atoms with van der Waals surface area (Å²) in [6.45, 7) is 9.14. The van der Waals surface area contributed by atoms with Crippen molar-refractivity contribution in [3.05, 3.63) is 23.8 Å². The van der Waals surface area contributed by atoms with Crippen molar-refractivity contribution < 1.29 is 9.53 Å². The number of aromatic nitrogens is 4. The molecule has 0 spiro atoms. The van der Waals surface area contributed by atoms with Gasteiger partial charge in [0.25, 0.3) is 11.7 Å². The lowest BCUT2D eigenvalue weighted by Crippen LogP contribution is -2.62. The molecule has 2 aromatic heterocycles. The highest BCUT2D eigenvalue weighted by Gasteiger charge is 2.36. The van der Waals surface area contributed by atoms with Gasteiger partial charge in [-0.05, 0) is 12.0 Å². The zero-order valence-corrected chi connectivity index (χ0v) is 14.1. The molecule has 2 saturated heterocycles. The first-order valence-corrected chi connectivity index (χ1v) is 8.45. The second-order valence-electron chi connectivity index (χ2n) is 6.71. The van der Waals surface area contributed by atoms with E-state index in [9.17, 15) is 4.79 Å². The third-order valence-corrected chi connectivity index (χ3v) is 4.80. The van der Waals surface area contributed by atoms with Crippen LogP contribution in [-0.2, 0) is 4.74 Å². The van der Waals surface area contributed by atoms with Gasteiger partial charge in [-0.15, -0.1) is 0 Å². The fourth-order valence-electron chi connectivity index (χ4n) is 3.31. The van der Waals surface area contributed by atoms with E-state index in [1.165, 1.54) is 6.33 Å². The summed E-state index contributed by atoms with van der Waals surface area (Å²) < 4.78 is 7.09. The molecule has 4 rings (SSSR count). The Morgan fingerprint density at radius 1 is 1.29 bits per heavy atom. The van der Waals surface area contributed by atoms with E-state index in [2.05, 4.69) is 33.8 Å². The van der Waals surface area contributed by atoms with Crippen molar-refractivity contribution >= 4 is 11.7 Å². The largest absolute Gasteiger partial charge is 0.379 e. The van der Waals surface area contributed by atoms with Crippen LogP contribution in [0.2, 0.25) is 0 Å². The minimum Gasteiger partial charge on any atom is -0.379 e. The number of fused-ring (bicyclic) bond motifs is 1. The van der Waals surface area contributed by atoms with Crippen molar-refractivity contribution in [2.75, 3.05) is 39.4 Å². The number of likely N-dealkylation sites (tertiary alicyclic amines) is 1. The van der Waals surface area contributed by atoms with Crippen molar-refractivity contribution in [2.45, 2.75) is 25.8 Å². The molecule has 2 aliphatic heterocycles. The van der Waals surface area contributed by atoms with E-state index in [0.717, 1.165) is 45.1 Å². The van der Waals surface area contributed by atoms with Crippen molar-refractivity contribution in [1.82, 2.24) is 29.4 Å². The number of ether oxygens (including phenoxy) is 1. The summed E-state index contributed by atoms with van der Waals surface area (Å²) in [5, 5.41) is 4.19. The average Bonchev–Trinajstić information content (AvgIpc) is 3.01. The number of hydrogen-bond acceptors (Lipinski definition) is 6. The van der Waals surface area contributed by atoms with Gasteiger partial charge in [-0.25, -0.2) is 9.50 Å². The lowest BCUT2D eigenvalue weighted by atomic mass is 10.0. The minimum atomic E-state index is -0.0214. The Morgan fingerprint density at radius 2 is 2.04 bits per heavy atom. The third kappa shape index (κ3) is 2.65. The number of amides is 1. The zero-order valence-electron chi connectivity index (χ0n) is 14.1. The van der Waals surface area contributed by atoms with Crippen LogP contribution in [0.15, 0.2) is 12.4 Å². The van der Waals surface area contributed by atoms with E-state index < -0.39 is 0 Å². The van der Waals surface area contributed by atoms with Gasteiger partial charge < -0.3 is 9.64 Å². The highest BCUT2D eigenvalue weighted by molar-refractivity contribution is 5.93. The first-order chi connectivity index (χ1) is 11.6. The maximum Gasteiger partial charge on any atom is 0.272 e. The van der Waals surface area contributed by atoms with Gasteiger partial charge in [-0.3, -0.25) is 9.69 Å². The molecule has 2 fully saturated rings. The molecule has 0 atom stereocenters. The number of carbonyl (C=O) groups is 1. The van der Waals surface area contributed by atoms with Gasteiger partial charge in [0.05, 0.1) is 18.9 Å². The van der Waals surface area contributed by atoms with Crippen LogP contribution in [0.5, 0.6) is 0 Å². The predicted molar refractivity (Wildman–Crippen MR) is 87.0 cm³/mol. The Labute approximate surface area is 140 Å². The number of carbonyl (C=O) groups excluding carboxylic acids is 1. The van der Waals surface area contributed by atoms with Gasteiger partial charge in [0.1, 0.15) is 12.0 Å². The van der Waals surface area contributed by atoms with Gasteiger partial charge in [0, 0.05) is 32.2 Å².